The predicted octanol–water partition coefficient (Wildman–Crippen LogP) is 3.19. The summed E-state index contributed by atoms with van der Waals surface area (Å²) in [7, 11) is 0. The van der Waals surface area contributed by atoms with Crippen LogP contribution >= 0.6 is 11.3 Å². The first-order valence-corrected chi connectivity index (χ1v) is 7.35. The second kappa shape index (κ2) is 6.49. The van der Waals surface area contributed by atoms with E-state index in [-0.39, 0.29) is 5.91 Å². The zero-order chi connectivity index (χ0) is 15.4. The van der Waals surface area contributed by atoms with Gasteiger partial charge in [-0.25, -0.2) is 4.79 Å². The van der Waals surface area contributed by atoms with Gasteiger partial charge in [-0.15, -0.1) is 11.3 Å². The first-order valence-electron chi connectivity index (χ1n) is 6.53. The Morgan fingerprint density at radius 3 is 2.76 bits per heavy atom. The molecule has 0 saturated heterocycles. The first kappa shape index (κ1) is 15.2. The van der Waals surface area contributed by atoms with Crippen LogP contribution in [-0.4, -0.2) is 23.5 Å². The molecular weight excluding hydrogens is 288 g/mol. The molecule has 21 heavy (non-hydrogen) atoms. The Hall–Kier alpha value is -2.21. The van der Waals surface area contributed by atoms with E-state index in [2.05, 4.69) is 10.3 Å². The molecule has 0 aliphatic rings. The van der Waals surface area contributed by atoms with Gasteiger partial charge in [0.25, 0.3) is 5.91 Å². The number of anilines is 1. The van der Waals surface area contributed by atoms with Gasteiger partial charge in [-0.2, -0.15) is 0 Å². The number of esters is 1. The molecule has 0 aliphatic carbocycles. The Labute approximate surface area is 127 Å². The fourth-order valence-corrected chi connectivity index (χ4v) is 2.76. The minimum atomic E-state index is -0.431. The van der Waals surface area contributed by atoms with Gasteiger partial charge in [-0.3, -0.25) is 9.78 Å². The third kappa shape index (κ3) is 3.46. The quantitative estimate of drug-likeness (QED) is 0.881. The first-order chi connectivity index (χ1) is 10.0. The molecule has 1 N–H and O–H groups in total. The molecule has 2 aromatic rings. The number of hydrogen-bond acceptors (Lipinski definition) is 5. The molecule has 0 aromatic carbocycles. The number of pyridine rings is 1. The second-order valence-corrected chi connectivity index (χ2v) is 5.67. The average molecular weight is 304 g/mol. The molecule has 1 amide bonds. The topological polar surface area (TPSA) is 68.3 Å². The summed E-state index contributed by atoms with van der Waals surface area (Å²) in [6.45, 7) is 5.68. The monoisotopic (exact) mass is 304 g/mol. The summed E-state index contributed by atoms with van der Waals surface area (Å²) < 4.78 is 5.00. The van der Waals surface area contributed by atoms with Crippen LogP contribution in [-0.2, 0) is 4.74 Å². The molecule has 2 rings (SSSR count). The van der Waals surface area contributed by atoms with Crippen molar-refractivity contribution in [2.24, 2.45) is 0 Å². The fourth-order valence-electron chi connectivity index (χ4n) is 1.86. The minimum absolute atomic E-state index is 0.284. The van der Waals surface area contributed by atoms with Crippen LogP contribution in [0.2, 0.25) is 0 Å². The van der Waals surface area contributed by atoms with Crippen molar-refractivity contribution >= 4 is 28.2 Å². The number of ether oxygens (including phenoxy) is 1. The predicted molar refractivity (Wildman–Crippen MR) is 81.9 cm³/mol. The van der Waals surface area contributed by atoms with E-state index < -0.39 is 5.97 Å². The lowest BCUT2D eigenvalue weighted by molar-refractivity contribution is 0.0528. The number of rotatable bonds is 4. The molecule has 2 heterocycles. The molecule has 110 valence electrons. The summed E-state index contributed by atoms with van der Waals surface area (Å²) in [5.74, 6) is -0.715. The van der Waals surface area contributed by atoms with E-state index in [1.807, 2.05) is 6.92 Å². The molecule has 0 unspecified atom stereocenters. The van der Waals surface area contributed by atoms with E-state index in [1.54, 1.807) is 38.2 Å². The highest BCUT2D eigenvalue weighted by Gasteiger charge is 2.19. The molecule has 2 aromatic heterocycles. The van der Waals surface area contributed by atoms with Crippen LogP contribution < -0.4 is 5.32 Å². The van der Waals surface area contributed by atoms with Crippen molar-refractivity contribution < 1.29 is 14.3 Å². The van der Waals surface area contributed by atoms with Gasteiger partial charge in [-0.05, 0) is 39.0 Å². The lowest BCUT2D eigenvalue weighted by Crippen LogP contribution is -2.15. The number of nitrogens with zero attached hydrogens (tertiary/aromatic N) is 1. The zero-order valence-electron chi connectivity index (χ0n) is 12.1. The Morgan fingerprint density at radius 1 is 1.33 bits per heavy atom. The van der Waals surface area contributed by atoms with E-state index in [1.165, 1.54) is 11.3 Å². The molecule has 6 heteroatoms. The van der Waals surface area contributed by atoms with Crippen molar-refractivity contribution in [2.45, 2.75) is 20.8 Å². The number of carbonyl (C=O) groups excluding carboxylic acids is 2. The lowest BCUT2D eigenvalue weighted by Gasteiger charge is -2.07. The maximum absolute atomic E-state index is 12.3. The molecule has 0 spiro atoms. The van der Waals surface area contributed by atoms with Gasteiger partial charge in [0.2, 0.25) is 0 Å². The van der Waals surface area contributed by atoms with Crippen LogP contribution in [0.4, 0.5) is 5.00 Å². The van der Waals surface area contributed by atoms with Crippen molar-refractivity contribution in [3.8, 4) is 0 Å². The van der Waals surface area contributed by atoms with Crippen LogP contribution in [0.1, 0.15) is 38.2 Å². The summed E-state index contributed by atoms with van der Waals surface area (Å²) in [6, 6.07) is 5.12. The summed E-state index contributed by atoms with van der Waals surface area (Å²) in [5, 5.41) is 3.27. The number of hydrogen-bond donors (Lipinski definition) is 1. The van der Waals surface area contributed by atoms with Crippen molar-refractivity contribution in [3.63, 3.8) is 0 Å². The van der Waals surface area contributed by atoms with Gasteiger partial charge in [-0.1, -0.05) is 0 Å². The number of aryl methyl sites for hydroxylation is 2. The van der Waals surface area contributed by atoms with Crippen molar-refractivity contribution in [1.82, 2.24) is 4.98 Å². The molecule has 0 atom stereocenters. The Morgan fingerprint density at radius 2 is 2.10 bits per heavy atom. The Bertz CT molecular complexity index is 679. The molecule has 5 nitrogen and oxygen atoms in total. The third-order valence-electron chi connectivity index (χ3n) is 2.83. The van der Waals surface area contributed by atoms with E-state index in [9.17, 15) is 9.59 Å². The highest BCUT2D eigenvalue weighted by atomic mass is 32.1. The van der Waals surface area contributed by atoms with Crippen LogP contribution in [0.25, 0.3) is 0 Å². The number of nitrogens with one attached hydrogen (secondary N) is 1. The maximum Gasteiger partial charge on any atom is 0.341 e. The van der Waals surface area contributed by atoms with Gasteiger partial charge in [0.05, 0.1) is 17.7 Å². The maximum atomic E-state index is 12.3. The van der Waals surface area contributed by atoms with Crippen LogP contribution in [0.3, 0.4) is 0 Å². The van der Waals surface area contributed by atoms with Crippen LogP contribution in [0, 0.1) is 13.8 Å². The summed E-state index contributed by atoms with van der Waals surface area (Å²) in [4.78, 5) is 29.2. The van der Waals surface area contributed by atoms with Gasteiger partial charge in [0, 0.05) is 16.8 Å². The summed E-state index contributed by atoms with van der Waals surface area (Å²) in [6.07, 6.45) is 1.63. The van der Waals surface area contributed by atoms with Crippen LogP contribution in [0.15, 0.2) is 24.4 Å². The van der Waals surface area contributed by atoms with Gasteiger partial charge >= 0.3 is 5.97 Å². The molecule has 0 radical (unpaired) electrons. The lowest BCUT2D eigenvalue weighted by atomic mass is 10.2. The summed E-state index contributed by atoms with van der Waals surface area (Å²) in [5.41, 5.74) is 1.51. The average Bonchev–Trinajstić information content (AvgIpc) is 2.80. The SMILES string of the molecule is CCOC(=O)c1cc(C)sc1NC(=O)c1cccnc1C. The number of amides is 1. The Balaban J connectivity index is 2.26. The fraction of sp³-hybridized carbons (Fsp3) is 0.267. The van der Waals surface area contributed by atoms with Crippen molar-refractivity contribution in [3.05, 3.63) is 46.1 Å². The molecule has 0 fully saturated rings. The third-order valence-corrected chi connectivity index (χ3v) is 3.80. The smallest absolute Gasteiger partial charge is 0.341 e. The highest BCUT2D eigenvalue weighted by molar-refractivity contribution is 7.16. The molecule has 0 aliphatic heterocycles. The minimum Gasteiger partial charge on any atom is -0.462 e. The number of thiophene rings is 1. The van der Waals surface area contributed by atoms with E-state index in [0.717, 1.165) is 4.88 Å². The second-order valence-electron chi connectivity index (χ2n) is 4.41. The molecule has 0 bridgehead atoms. The molecular formula is C15H16N2O3S. The normalized spacial score (nSPS) is 10.2. The van der Waals surface area contributed by atoms with Crippen molar-refractivity contribution in [2.75, 3.05) is 11.9 Å². The van der Waals surface area contributed by atoms with E-state index in [4.69, 9.17) is 4.74 Å². The standard InChI is InChI=1S/C15H16N2O3S/c1-4-20-15(19)12-8-9(2)21-14(12)17-13(18)11-6-5-7-16-10(11)3/h5-8H,4H2,1-3H3,(H,17,18). The van der Waals surface area contributed by atoms with Gasteiger partial charge < -0.3 is 10.1 Å². The largest absolute Gasteiger partial charge is 0.462 e. The van der Waals surface area contributed by atoms with Crippen LogP contribution in [0.5, 0.6) is 0 Å². The van der Waals surface area contributed by atoms with Gasteiger partial charge in [0.1, 0.15) is 5.00 Å². The van der Waals surface area contributed by atoms with Crippen molar-refractivity contribution in [1.29, 1.82) is 0 Å². The van der Waals surface area contributed by atoms with E-state index in [0.29, 0.717) is 28.4 Å². The number of carbonyl (C=O) groups is 2. The van der Waals surface area contributed by atoms with E-state index >= 15 is 0 Å². The van der Waals surface area contributed by atoms with Gasteiger partial charge in [0.15, 0.2) is 0 Å². The molecule has 0 saturated carbocycles. The number of aromatic nitrogens is 1. The zero-order valence-corrected chi connectivity index (χ0v) is 12.9. The highest BCUT2D eigenvalue weighted by Crippen LogP contribution is 2.28. The Kier molecular flexibility index (Phi) is 4.70. The summed E-state index contributed by atoms with van der Waals surface area (Å²) >= 11 is 1.34.